The first-order valence-corrected chi connectivity index (χ1v) is 3.59. The third-order valence-corrected chi connectivity index (χ3v) is 1.10. The predicted molar refractivity (Wildman–Crippen MR) is 43.3 cm³/mol. The number of methoxy groups -OCH3 is 1. The minimum absolute atomic E-state index is 0.666. The van der Waals surface area contributed by atoms with Crippen molar-refractivity contribution in [1.82, 2.24) is 0 Å². The zero-order valence-corrected chi connectivity index (χ0v) is 6.76. The lowest BCUT2D eigenvalue weighted by Gasteiger charge is -1.97. The SMILES string of the molecule is CCCN=C(N)CCOC. The molecule has 0 aromatic rings. The van der Waals surface area contributed by atoms with Crippen LogP contribution < -0.4 is 5.73 Å². The Hall–Kier alpha value is -0.570. The fraction of sp³-hybridized carbons (Fsp3) is 0.857. The predicted octanol–water partition coefficient (Wildman–Crippen LogP) is 0.790. The van der Waals surface area contributed by atoms with Crippen molar-refractivity contribution in [2.45, 2.75) is 19.8 Å². The number of amidine groups is 1. The molecule has 0 spiro atoms. The zero-order chi connectivity index (χ0) is 7.82. The van der Waals surface area contributed by atoms with Crippen LogP contribution >= 0.6 is 0 Å². The van der Waals surface area contributed by atoms with Gasteiger partial charge in [0.1, 0.15) is 0 Å². The van der Waals surface area contributed by atoms with Gasteiger partial charge in [-0.05, 0) is 6.42 Å². The fourth-order valence-corrected chi connectivity index (χ4v) is 0.541. The maximum absolute atomic E-state index is 5.52. The Morgan fingerprint density at radius 2 is 2.30 bits per heavy atom. The van der Waals surface area contributed by atoms with Gasteiger partial charge in [-0.25, -0.2) is 0 Å². The number of nitrogens with two attached hydrogens (primary N) is 1. The molecule has 0 atom stereocenters. The van der Waals surface area contributed by atoms with Gasteiger partial charge in [0, 0.05) is 20.1 Å². The first kappa shape index (κ1) is 9.43. The number of aliphatic imine (C=N–C) groups is 1. The molecular weight excluding hydrogens is 128 g/mol. The molecule has 0 saturated heterocycles. The monoisotopic (exact) mass is 144 g/mol. The van der Waals surface area contributed by atoms with E-state index >= 15 is 0 Å². The number of ether oxygens (including phenoxy) is 1. The normalized spacial score (nSPS) is 12.0. The van der Waals surface area contributed by atoms with Crippen molar-refractivity contribution < 1.29 is 4.74 Å². The van der Waals surface area contributed by atoms with E-state index in [4.69, 9.17) is 10.5 Å². The molecule has 0 aliphatic carbocycles. The minimum Gasteiger partial charge on any atom is -0.387 e. The van der Waals surface area contributed by atoms with Crippen LogP contribution in [0, 0.1) is 0 Å². The molecule has 0 aromatic heterocycles. The molecule has 0 bridgehead atoms. The Balaban J connectivity index is 3.30. The van der Waals surface area contributed by atoms with Crippen molar-refractivity contribution in [2.24, 2.45) is 10.7 Å². The lowest BCUT2D eigenvalue weighted by molar-refractivity contribution is 0.207. The molecule has 0 rings (SSSR count). The van der Waals surface area contributed by atoms with Gasteiger partial charge in [-0.1, -0.05) is 6.92 Å². The quantitative estimate of drug-likeness (QED) is 0.458. The summed E-state index contributed by atoms with van der Waals surface area (Å²) in [5.41, 5.74) is 5.52. The number of nitrogens with zero attached hydrogens (tertiary/aromatic N) is 1. The third kappa shape index (κ3) is 5.56. The van der Waals surface area contributed by atoms with Gasteiger partial charge < -0.3 is 10.5 Å². The summed E-state index contributed by atoms with van der Waals surface area (Å²) < 4.78 is 4.83. The zero-order valence-electron chi connectivity index (χ0n) is 6.76. The van der Waals surface area contributed by atoms with Crippen LogP contribution in [-0.4, -0.2) is 26.1 Å². The molecule has 2 N–H and O–H groups in total. The van der Waals surface area contributed by atoms with Crippen LogP contribution in [0.15, 0.2) is 4.99 Å². The summed E-state index contributed by atoms with van der Waals surface area (Å²) in [4.78, 5) is 4.09. The molecule has 60 valence electrons. The van der Waals surface area contributed by atoms with Gasteiger partial charge in [0.05, 0.1) is 12.4 Å². The minimum atomic E-state index is 0.666. The summed E-state index contributed by atoms with van der Waals surface area (Å²) in [5, 5.41) is 0. The van der Waals surface area contributed by atoms with Crippen molar-refractivity contribution in [3.05, 3.63) is 0 Å². The lowest BCUT2D eigenvalue weighted by Crippen LogP contribution is -2.14. The second kappa shape index (κ2) is 6.55. The molecule has 0 aromatic carbocycles. The number of hydrogen-bond acceptors (Lipinski definition) is 2. The van der Waals surface area contributed by atoms with Gasteiger partial charge in [-0.3, -0.25) is 4.99 Å². The highest BCUT2D eigenvalue weighted by Gasteiger charge is 1.89. The third-order valence-electron chi connectivity index (χ3n) is 1.10. The Morgan fingerprint density at radius 1 is 1.60 bits per heavy atom. The first-order chi connectivity index (χ1) is 4.81. The van der Waals surface area contributed by atoms with E-state index in [9.17, 15) is 0 Å². The molecule has 0 aliphatic rings. The lowest BCUT2D eigenvalue weighted by atomic mass is 10.4. The summed E-state index contributed by atoms with van der Waals surface area (Å²) >= 11 is 0. The molecule has 0 radical (unpaired) electrons. The Morgan fingerprint density at radius 3 is 2.80 bits per heavy atom. The molecule has 3 nitrogen and oxygen atoms in total. The van der Waals surface area contributed by atoms with Crippen LogP contribution in [0.25, 0.3) is 0 Å². The van der Waals surface area contributed by atoms with Crippen LogP contribution in [0.4, 0.5) is 0 Å². The number of hydrogen-bond donors (Lipinski definition) is 1. The summed E-state index contributed by atoms with van der Waals surface area (Å²) in [5.74, 6) is 0.698. The Bertz CT molecular complexity index is 102. The van der Waals surface area contributed by atoms with Gasteiger partial charge in [0.25, 0.3) is 0 Å². The highest BCUT2D eigenvalue weighted by Crippen LogP contribution is 1.83. The Kier molecular flexibility index (Phi) is 6.18. The average molecular weight is 144 g/mol. The molecule has 0 saturated carbocycles. The van der Waals surface area contributed by atoms with E-state index in [0.29, 0.717) is 12.4 Å². The van der Waals surface area contributed by atoms with Crippen LogP contribution in [0.5, 0.6) is 0 Å². The van der Waals surface area contributed by atoms with E-state index in [1.165, 1.54) is 0 Å². The summed E-state index contributed by atoms with van der Waals surface area (Å²) in [6.45, 7) is 3.57. The molecule has 0 fully saturated rings. The van der Waals surface area contributed by atoms with E-state index in [0.717, 1.165) is 19.4 Å². The van der Waals surface area contributed by atoms with Crippen molar-refractivity contribution in [3.63, 3.8) is 0 Å². The van der Waals surface area contributed by atoms with E-state index < -0.39 is 0 Å². The van der Waals surface area contributed by atoms with Crippen LogP contribution in [0.3, 0.4) is 0 Å². The number of rotatable bonds is 5. The summed E-state index contributed by atoms with van der Waals surface area (Å²) in [6, 6.07) is 0. The molecule has 3 heteroatoms. The second-order valence-corrected chi connectivity index (χ2v) is 2.12. The molecule has 10 heavy (non-hydrogen) atoms. The summed E-state index contributed by atoms with van der Waals surface area (Å²) in [7, 11) is 1.66. The van der Waals surface area contributed by atoms with Gasteiger partial charge in [-0.2, -0.15) is 0 Å². The van der Waals surface area contributed by atoms with Gasteiger partial charge in [-0.15, -0.1) is 0 Å². The van der Waals surface area contributed by atoms with Crippen LogP contribution in [-0.2, 0) is 4.74 Å². The van der Waals surface area contributed by atoms with Crippen molar-refractivity contribution in [3.8, 4) is 0 Å². The molecular formula is C7H16N2O. The van der Waals surface area contributed by atoms with Gasteiger partial charge in [0.2, 0.25) is 0 Å². The largest absolute Gasteiger partial charge is 0.387 e. The summed E-state index contributed by atoms with van der Waals surface area (Å²) in [6.07, 6.45) is 1.80. The standard InChI is InChI=1S/C7H16N2O/c1-3-5-9-7(8)4-6-10-2/h3-6H2,1-2H3,(H2,8,9). The maximum Gasteiger partial charge on any atom is 0.0960 e. The van der Waals surface area contributed by atoms with Crippen molar-refractivity contribution in [1.29, 1.82) is 0 Å². The first-order valence-electron chi connectivity index (χ1n) is 3.59. The fourth-order valence-electron chi connectivity index (χ4n) is 0.541. The van der Waals surface area contributed by atoms with E-state index in [-0.39, 0.29) is 0 Å². The van der Waals surface area contributed by atoms with Crippen molar-refractivity contribution in [2.75, 3.05) is 20.3 Å². The molecule has 0 heterocycles. The molecule has 0 unspecified atom stereocenters. The van der Waals surface area contributed by atoms with Crippen LogP contribution in [0.1, 0.15) is 19.8 Å². The highest BCUT2D eigenvalue weighted by molar-refractivity contribution is 5.80. The molecule has 0 amide bonds. The van der Waals surface area contributed by atoms with E-state index in [1.54, 1.807) is 7.11 Å². The Labute approximate surface area is 62.3 Å². The van der Waals surface area contributed by atoms with E-state index in [2.05, 4.69) is 11.9 Å². The highest BCUT2D eigenvalue weighted by atomic mass is 16.5. The average Bonchev–Trinajstić information content (AvgIpc) is 1.97. The van der Waals surface area contributed by atoms with Gasteiger partial charge >= 0.3 is 0 Å². The topological polar surface area (TPSA) is 47.6 Å². The smallest absolute Gasteiger partial charge is 0.0960 e. The maximum atomic E-state index is 5.52. The van der Waals surface area contributed by atoms with Gasteiger partial charge in [0.15, 0.2) is 0 Å². The van der Waals surface area contributed by atoms with Crippen molar-refractivity contribution >= 4 is 5.84 Å². The van der Waals surface area contributed by atoms with E-state index in [1.807, 2.05) is 0 Å². The van der Waals surface area contributed by atoms with Crippen LogP contribution in [0.2, 0.25) is 0 Å². The second-order valence-electron chi connectivity index (χ2n) is 2.12. The molecule has 0 aliphatic heterocycles.